The first-order valence-electron chi connectivity index (χ1n) is 8.98. The first-order chi connectivity index (χ1) is 14.2. The number of pyridine rings is 1. The van der Waals surface area contributed by atoms with Crippen molar-refractivity contribution in [2.75, 3.05) is 5.32 Å². The van der Waals surface area contributed by atoms with Crippen molar-refractivity contribution in [1.29, 1.82) is 0 Å². The fourth-order valence-electron chi connectivity index (χ4n) is 2.86. The number of hydrogen-bond acceptors (Lipinski definition) is 4. The van der Waals surface area contributed by atoms with E-state index in [9.17, 15) is 4.79 Å². The summed E-state index contributed by atoms with van der Waals surface area (Å²) in [4.78, 5) is 17.1. The topological polar surface area (TPSA) is 51.2 Å². The lowest BCUT2D eigenvalue weighted by molar-refractivity contribution is 0.103. The second-order valence-corrected chi connectivity index (χ2v) is 7.98. The van der Waals surface area contributed by atoms with Crippen LogP contribution in [0.15, 0.2) is 91.1 Å². The van der Waals surface area contributed by atoms with Crippen LogP contribution in [0.5, 0.6) is 5.88 Å². The summed E-state index contributed by atoms with van der Waals surface area (Å²) in [7, 11) is 0. The second-order valence-electron chi connectivity index (χ2n) is 6.26. The molecule has 144 valence electrons. The number of rotatable bonds is 6. The zero-order valence-electron chi connectivity index (χ0n) is 15.3. The smallest absolute Gasteiger partial charge is 0.265 e. The molecule has 0 spiro atoms. The molecule has 4 aromatic rings. The predicted octanol–water partition coefficient (Wildman–Crippen LogP) is 6.22. The van der Waals surface area contributed by atoms with E-state index in [4.69, 9.17) is 16.3 Å². The van der Waals surface area contributed by atoms with E-state index in [1.54, 1.807) is 30.5 Å². The lowest BCUT2D eigenvalue weighted by Crippen LogP contribution is -2.12. The van der Waals surface area contributed by atoms with Crippen LogP contribution < -0.4 is 10.1 Å². The van der Waals surface area contributed by atoms with Crippen LogP contribution >= 0.6 is 22.9 Å². The van der Waals surface area contributed by atoms with Crippen LogP contribution in [0.4, 0.5) is 5.69 Å². The van der Waals surface area contributed by atoms with Crippen LogP contribution in [0, 0.1) is 0 Å². The van der Waals surface area contributed by atoms with Gasteiger partial charge in [-0.15, -0.1) is 11.3 Å². The molecule has 2 heterocycles. The van der Waals surface area contributed by atoms with Gasteiger partial charge in [0.2, 0.25) is 5.88 Å². The summed E-state index contributed by atoms with van der Waals surface area (Å²) < 4.78 is 6.77. The number of nitrogens with one attached hydrogen (secondary N) is 1. The third kappa shape index (κ3) is 4.83. The molecule has 0 unspecified atom stereocenters. The molecule has 29 heavy (non-hydrogen) atoms. The third-order valence-corrected chi connectivity index (χ3v) is 5.46. The summed E-state index contributed by atoms with van der Waals surface area (Å²) in [5.41, 5.74) is 2.66. The number of aromatic nitrogens is 1. The van der Waals surface area contributed by atoms with Crippen LogP contribution in [-0.4, -0.2) is 10.9 Å². The predicted molar refractivity (Wildman–Crippen MR) is 117 cm³/mol. The van der Waals surface area contributed by atoms with Crippen LogP contribution in [-0.2, 0) is 0 Å². The standard InChI is InChI=1S/C23H17ClN2O2S/c24-20-13-12-19(29-20)23(27)26-18-11-14-21(25-15-18)28-22(16-7-3-1-4-8-16)17-9-5-2-6-10-17/h1-15,22H,(H,26,27). The molecule has 2 aromatic heterocycles. The number of hydrogen-bond donors (Lipinski definition) is 1. The molecule has 1 amide bonds. The minimum atomic E-state index is -0.279. The quantitative estimate of drug-likeness (QED) is 0.403. The Bertz CT molecular complexity index is 1040. The Kier molecular flexibility index (Phi) is 5.89. The van der Waals surface area contributed by atoms with Crippen molar-refractivity contribution in [2.45, 2.75) is 6.10 Å². The first kappa shape index (κ1) is 19.2. The van der Waals surface area contributed by atoms with Gasteiger partial charge in [0.15, 0.2) is 6.10 Å². The molecule has 6 heteroatoms. The largest absolute Gasteiger partial charge is 0.465 e. The molecule has 0 saturated heterocycles. The molecule has 0 aliphatic rings. The van der Waals surface area contributed by atoms with E-state index in [1.807, 2.05) is 60.7 Å². The van der Waals surface area contributed by atoms with Crippen LogP contribution in [0.1, 0.15) is 26.9 Å². The fourth-order valence-corrected chi connectivity index (χ4v) is 3.80. The van der Waals surface area contributed by atoms with E-state index in [0.29, 0.717) is 20.8 Å². The number of nitrogens with zero attached hydrogens (tertiary/aromatic N) is 1. The van der Waals surface area contributed by atoms with Crippen molar-refractivity contribution in [1.82, 2.24) is 4.98 Å². The van der Waals surface area contributed by atoms with Crippen molar-refractivity contribution in [2.24, 2.45) is 0 Å². The monoisotopic (exact) mass is 420 g/mol. The van der Waals surface area contributed by atoms with Crippen molar-refractivity contribution in [3.8, 4) is 5.88 Å². The van der Waals surface area contributed by atoms with Gasteiger partial charge < -0.3 is 10.1 Å². The Hall–Kier alpha value is -3.15. The highest BCUT2D eigenvalue weighted by Crippen LogP contribution is 2.28. The Balaban J connectivity index is 1.51. The zero-order valence-corrected chi connectivity index (χ0v) is 16.9. The zero-order chi connectivity index (χ0) is 20.1. The Morgan fingerprint density at radius 3 is 2.07 bits per heavy atom. The Morgan fingerprint density at radius 2 is 1.55 bits per heavy atom. The molecule has 0 saturated carbocycles. The molecule has 4 rings (SSSR count). The van der Waals surface area contributed by atoms with Crippen molar-refractivity contribution < 1.29 is 9.53 Å². The Morgan fingerprint density at radius 1 is 0.897 bits per heavy atom. The summed E-state index contributed by atoms with van der Waals surface area (Å²) in [6.07, 6.45) is 1.30. The van der Waals surface area contributed by atoms with Crippen molar-refractivity contribution >= 4 is 34.5 Å². The normalized spacial score (nSPS) is 10.7. The maximum Gasteiger partial charge on any atom is 0.265 e. The van der Waals surface area contributed by atoms with Gasteiger partial charge in [0.1, 0.15) is 0 Å². The average Bonchev–Trinajstić information content (AvgIpc) is 3.21. The van der Waals surface area contributed by atoms with E-state index < -0.39 is 0 Å². The summed E-state index contributed by atoms with van der Waals surface area (Å²) in [6, 6.07) is 26.9. The molecule has 2 aromatic carbocycles. The van der Waals surface area contributed by atoms with E-state index in [-0.39, 0.29) is 12.0 Å². The highest BCUT2D eigenvalue weighted by Gasteiger charge is 2.16. The highest BCUT2D eigenvalue weighted by molar-refractivity contribution is 7.18. The second kappa shape index (κ2) is 8.90. The van der Waals surface area contributed by atoms with Gasteiger partial charge in [-0.25, -0.2) is 4.98 Å². The molecule has 1 N–H and O–H groups in total. The number of carbonyl (C=O) groups is 1. The number of ether oxygens (including phenoxy) is 1. The maximum absolute atomic E-state index is 12.2. The number of anilines is 1. The molecule has 4 nitrogen and oxygen atoms in total. The molecule has 0 bridgehead atoms. The number of benzene rings is 2. The Labute approximate surface area is 177 Å². The van der Waals surface area contributed by atoms with Gasteiger partial charge in [0.05, 0.1) is 21.1 Å². The summed E-state index contributed by atoms with van der Waals surface area (Å²) in [5.74, 6) is 0.253. The lowest BCUT2D eigenvalue weighted by Gasteiger charge is -2.19. The maximum atomic E-state index is 12.2. The van der Waals surface area contributed by atoms with E-state index in [1.165, 1.54) is 11.3 Å². The van der Waals surface area contributed by atoms with Gasteiger partial charge in [0.25, 0.3) is 5.91 Å². The average molecular weight is 421 g/mol. The molecule has 0 radical (unpaired) electrons. The number of halogens is 1. The minimum absolute atomic E-state index is 0.219. The summed E-state index contributed by atoms with van der Waals surface area (Å²) in [5, 5.41) is 2.81. The minimum Gasteiger partial charge on any atom is -0.465 e. The van der Waals surface area contributed by atoms with Gasteiger partial charge in [-0.3, -0.25) is 4.79 Å². The van der Waals surface area contributed by atoms with Crippen LogP contribution in [0.25, 0.3) is 0 Å². The van der Waals surface area contributed by atoms with Gasteiger partial charge in [0, 0.05) is 6.07 Å². The fraction of sp³-hybridized carbons (Fsp3) is 0.0435. The number of thiophene rings is 1. The number of carbonyl (C=O) groups excluding carboxylic acids is 1. The summed E-state index contributed by atoms with van der Waals surface area (Å²) in [6.45, 7) is 0. The van der Waals surface area contributed by atoms with E-state index >= 15 is 0 Å². The SMILES string of the molecule is O=C(Nc1ccc(OC(c2ccccc2)c2ccccc2)nc1)c1ccc(Cl)s1. The lowest BCUT2D eigenvalue weighted by atomic mass is 10.0. The van der Waals surface area contributed by atoms with Crippen molar-refractivity contribution in [3.05, 3.63) is 111 Å². The third-order valence-electron chi connectivity index (χ3n) is 4.23. The molecular formula is C23H17ClN2O2S. The van der Waals surface area contributed by atoms with Gasteiger partial charge in [-0.1, -0.05) is 72.3 Å². The van der Waals surface area contributed by atoms with Gasteiger partial charge >= 0.3 is 0 Å². The molecule has 0 fully saturated rings. The van der Waals surface area contributed by atoms with E-state index in [2.05, 4.69) is 10.3 Å². The molecular weight excluding hydrogens is 404 g/mol. The van der Waals surface area contributed by atoms with Gasteiger partial charge in [-0.2, -0.15) is 0 Å². The first-order valence-corrected chi connectivity index (χ1v) is 10.2. The highest BCUT2D eigenvalue weighted by atomic mass is 35.5. The van der Waals surface area contributed by atoms with Crippen LogP contribution in [0.2, 0.25) is 4.34 Å². The van der Waals surface area contributed by atoms with E-state index in [0.717, 1.165) is 11.1 Å². The molecule has 0 atom stereocenters. The van der Waals surface area contributed by atoms with Crippen molar-refractivity contribution in [3.63, 3.8) is 0 Å². The number of amides is 1. The summed E-state index contributed by atoms with van der Waals surface area (Å²) >= 11 is 7.12. The molecule has 0 aliphatic carbocycles. The van der Waals surface area contributed by atoms with Crippen LogP contribution in [0.3, 0.4) is 0 Å². The van der Waals surface area contributed by atoms with Gasteiger partial charge in [-0.05, 0) is 29.3 Å². The molecule has 0 aliphatic heterocycles.